The average molecular weight is 345 g/mol. The Labute approximate surface area is 150 Å². The molecule has 0 bridgehead atoms. The Hall–Kier alpha value is -1.59. The van der Waals surface area contributed by atoms with Gasteiger partial charge in [0.15, 0.2) is 0 Å². The van der Waals surface area contributed by atoms with Crippen LogP contribution in [0.3, 0.4) is 0 Å². The van der Waals surface area contributed by atoms with Gasteiger partial charge in [0.05, 0.1) is 12.0 Å². The van der Waals surface area contributed by atoms with Gasteiger partial charge in [0, 0.05) is 31.9 Å². The molecule has 3 rings (SSSR count). The number of amides is 1. The van der Waals surface area contributed by atoms with Gasteiger partial charge in [-0.05, 0) is 62.8 Å². The molecule has 1 atom stereocenters. The molecule has 1 amide bonds. The number of nitrogens with zero attached hydrogens (tertiary/aromatic N) is 2. The van der Waals surface area contributed by atoms with Crippen LogP contribution < -0.4 is 10.6 Å². The summed E-state index contributed by atoms with van der Waals surface area (Å²) >= 11 is 0. The lowest BCUT2D eigenvalue weighted by molar-refractivity contribution is -0.125. The summed E-state index contributed by atoms with van der Waals surface area (Å²) in [6, 6.07) is 6.72. The Balaban J connectivity index is 1.64. The molecule has 0 aliphatic carbocycles. The summed E-state index contributed by atoms with van der Waals surface area (Å²) in [7, 11) is 0. The minimum absolute atomic E-state index is 0.0520. The van der Waals surface area contributed by atoms with Gasteiger partial charge in [-0.15, -0.1) is 0 Å². The van der Waals surface area contributed by atoms with Crippen molar-refractivity contribution in [3.05, 3.63) is 29.3 Å². The van der Waals surface area contributed by atoms with E-state index >= 15 is 0 Å². The molecule has 2 aliphatic heterocycles. The van der Waals surface area contributed by atoms with E-state index in [2.05, 4.69) is 34.9 Å². The fourth-order valence-corrected chi connectivity index (χ4v) is 4.37. The van der Waals surface area contributed by atoms with E-state index in [0.717, 1.165) is 32.6 Å². The fraction of sp³-hybridized carbons (Fsp3) is 0.650. The van der Waals surface area contributed by atoms with Gasteiger partial charge in [0.1, 0.15) is 0 Å². The Morgan fingerprint density at radius 1 is 1.20 bits per heavy atom. The first-order valence-corrected chi connectivity index (χ1v) is 9.53. The third-order valence-electron chi connectivity index (χ3n) is 5.50. The van der Waals surface area contributed by atoms with E-state index in [9.17, 15) is 9.90 Å². The monoisotopic (exact) mass is 345 g/mol. The highest BCUT2D eigenvalue weighted by Gasteiger charge is 2.34. The van der Waals surface area contributed by atoms with Crippen molar-refractivity contribution >= 4 is 11.6 Å². The predicted octanol–water partition coefficient (Wildman–Crippen LogP) is 2.19. The van der Waals surface area contributed by atoms with Gasteiger partial charge in [0.2, 0.25) is 5.91 Å². The molecule has 1 aromatic carbocycles. The molecule has 138 valence electrons. The van der Waals surface area contributed by atoms with Crippen molar-refractivity contribution in [2.75, 3.05) is 31.1 Å². The molecular formula is C20H31N3O2. The molecule has 2 saturated heterocycles. The van der Waals surface area contributed by atoms with Crippen LogP contribution in [0.1, 0.15) is 49.7 Å². The van der Waals surface area contributed by atoms with Gasteiger partial charge < -0.3 is 15.7 Å². The third-order valence-corrected chi connectivity index (χ3v) is 5.50. The fourth-order valence-electron chi connectivity index (χ4n) is 4.37. The zero-order chi connectivity index (χ0) is 17.9. The second-order valence-corrected chi connectivity index (χ2v) is 7.85. The molecule has 1 aromatic rings. The predicted molar refractivity (Wildman–Crippen MR) is 101 cm³/mol. The number of carbonyl (C=O) groups excluding carboxylic acids is 1. The van der Waals surface area contributed by atoms with Crippen molar-refractivity contribution in [1.82, 2.24) is 4.90 Å². The minimum Gasteiger partial charge on any atom is -0.388 e. The topological polar surface area (TPSA) is 69.8 Å². The number of benzene rings is 1. The van der Waals surface area contributed by atoms with Gasteiger partial charge in [0.25, 0.3) is 0 Å². The highest BCUT2D eigenvalue weighted by Crippen LogP contribution is 2.28. The molecule has 0 spiro atoms. The first-order valence-electron chi connectivity index (χ1n) is 9.53. The number of anilines is 1. The van der Waals surface area contributed by atoms with Crippen LogP contribution in [0.15, 0.2) is 18.2 Å². The highest BCUT2D eigenvalue weighted by atomic mass is 16.3. The first-order chi connectivity index (χ1) is 12.0. The molecule has 0 radical (unpaired) electrons. The third kappa shape index (κ3) is 4.73. The largest absolute Gasteiger partial charge is 0.388 e. The standard InChI is InChI=1S/C20H31N3O2/c1-16-12-17(6-7-18(16)23-10-3-2-4-11-23)14-22-9-5-8-20(25,15-22)13-19(21)24/h6-7,12,25H,2-5,8-11,13-15H2,1H3,(H2,21,24). The second-order valence-electron chi connectivity index (χ2n) is 7.85. The highest BCUT2D eigenvalue weighted by molar-refractivity contribution is 5.75. The maximum atomic E-state index is 11.2. The van der Waals surface area contributed by atoms with Crippen LogP contribution in [0.5, 0.6) is 0 Å². The van der Waals surface area contributed by atoms with E-state index in [1.807, 2.05) is 0 Å². The molecule has 0 aromatic heterocycles. The lowest BCUT2D eigenvalue weighted by atomic mass is 9.89. The number of nitrogens with two attached hydrogens (primary N) is 1. The van der Waals surface area contributed by atoms with E-state index in [0.29, 0.717) is 13.0 Å². The van der Waals surface area contributed by atoms with E-state index in [4.69, 9.17) is 5.73 Å². The number of likely N-dealkylation sites (tertiary alicyclic amines) is 1. The summed E-state index contributed by atoms with van der Waals surface area (Å²) < 4.78 is 0. The Morgan fingerprint density at radius 3 is 2.64 bits per heavy atom. The molecule has 5 heteroatoms. The molecule has 2 aliphatic rings. The van der Waals surface area contributed by atoms with E-state index < -0.39 is 11.5 Å². The molecular weight excluding hydrogens is 314 g/mol. The Morgan fingerprint density at radius 2 is 1.96 bits per heavy atom. The zero-order valence-electron chi connectivity index (χ0n) is 15.3. The molecule has 2 heterocycles. The number of piperidine rings is 2. The van der Waals surface area contributed by atoms with E-state index in [1.165, 1.54) is 36.1 Å². The van der Waals surface area contributed by atoms with E-state index in [-0.39, 0.29) is 6.42 Å². The van der Waals surface area contributed by atoms with Crippen molar-refractivity contribution < 1.29 is 9.90 Å². The quantitative estimate of drug-likeness (QED) is 0.858. The number of β-amino-alcohol motifs (C(OH)–C–C–N with tert-alkyl or cyclic N) is 1. The van der Waals surface area contributed by atoms with Gasteiger partial charge >= 0.3 is 0 Å². The maximum Gasteiger partial charge on any atom is 0.220 e. The lowest BCUT2D eigenvalue weighted by Gasteiger charge is -2.38. The molecule has 25 heavy (non-hydrogen) atoms. The molecule has 1 unspecified atom stereocenters. The normalized spacial score (nSPS) is 25.1. The van der Waals surface area contributed by atoms with Gasteiger partial charge in [-0.2, -0.15) is 0 Å². The number of carbonyl (C=O) groups is 1. The van der Waals surface area contributed by atoms with Crippen LogP contribution >= 0.6 is 0 Å². The first kappa shape index (κ1) is 18.2. The number of aryl methyl sites for hydroxylation is 1. The van der Waals surface area contributed by atoms with Gasteiger partial charge in [-0.3, -0.25) is 9.69 Å². The number of primary amides is 1. The van der Waals surface area contributed by atoms with E-state index in [1.54, 1.807) is 0 Å². The summed E-state index contributed by atoms with van der Waals surface area (Å²) in [6.45, 7) is 6.78. The van der Waals surface area contributed by atoms with Crippen LogP contribution in [0.25, 0.3) is 0 Å². The zero-order valence-corrected chi connectivity index (χ0v) is 15.3. The number of hydrogen-bond donors (Lipinski definition) is 2. The lowest BCUT2D eigenvalue weighted by Crippen LogP contribution is -2.49. The summed E-state index contributed by atoms with van der Waals surface area (Å²) in [5, 5.41) is 10.6. The molecule has 5 nitrogen and oxygen atoms in total. The van der Waals surface area contributed by atoms with Crippen molar-refractivity contribution in [1.29, 1.82) is 0 Å². The molecule has 3 N–H and O–H groups in total. The van der Waals surface area contributed by atoms with Crippen molar-refractivity contribution in [2.45, 2.75) is 57.6 Å². The second kappa shape index (κ2) is 7.75. The molecule has 0 saturated carbocycles. The summed E-state index contributed by atoms with van der Waals surface area (Å²) in [4.78, 5) is 15.9. The van der Waals surface area contributed by atoms with Gasteiger partial charge in [-0.25, -0.2) is 0 Å². The van der Waals surface area contributed by atoms with Crippen LogP contribution in [-0.2, 0) is 11.3 Å². The number of aliphatic hydroxyl groups is 1. The summed E-state index contributed by atoms with van der Waals surface area (Å²) in [5.41, 5.74) is 8.27. The van der Waals surface area contributed by atoms with Crippen molar-refractivity contribution in [3.63, 3.8) is 0 Å². The number of hydrogen-bond acceptors (Lipinski definition) is 4. The SMILES string of the molecule is Cc1cc(CN2CCCC(O)(CC(N)=O)C2)ccc1N1CCCCC1. The number of rotatable bonds is 5. The summed E-state index contributed by atoms with van der Waals surface area (Å²) in [5.74, 6) is -0.425. The van der Waals surface area contributed by atoms with Crippen LogP contribution in [0.4, 0.5) is 5.69 Å². The van der Waals surface area contributed by atoms with Crippen molar-refractivity contribution in [2.24, 2.45) is 5.73 Å². The smallest absolute Gasteiger partial charge is 0.220 e. The average Bonchev–Trinajstić information content (AvgIpc) is 2.54. The molecule has 2 fully saturated rings. The van der Waals surface area contributed by atoms with Crippen LogP contribution in [0, 0.1) is 6.92 Å². The van der Waals surface area contributed by atoms with Crippen LogP contribution in [0.2, 0.25) is 0 Å². The maximum absolute atomic E-state index is 11.2. The van der Waals surface area contributed by atoms with Crippen molar-refractivity contribution in [3.8, 4) is 0 Å². The minimum atomic E-state index is -0.965. The Kier molecular flexibility index (Phi) is 5.64. The summed E-state index contributed by atoms with van der Waals surface area (Å²) in [6.07, 6.45) is 5.52. The van der Waals surface area contributed by atoms with Crippen LogP contribution in [-0.4, -0.2) is 47.7 Å². The Bertz CT molecular complexity index is 613. The van der Waals surface area contributed by atoms with Gasteiger partial charge in [-0.1, -0.05) is 12.1 Å².